The standard InChI is InChI=1S/C26H34ClN7O2Si.ClH/c1-33-22-11-16(27)5-8-19(22)23(32-33)21-13-29-25-24(31-21)20(26(35)30-18-7-6-17(28)12-18)14-34(25)15-36-9-10-37(2,3)4;/h5,8,11,13-14,17-18H,6-7,9-10,12,15,28H2,1-4H3,(H,30,35);1H. The van der Waals surface area contributed by atoms with Gasteiger partial charge >= 0.3 is 0 Å². The molecule has 3 aromatic heterocycles. The van der Waals surface area contributed by atoms with Crippen LogP contribution in [0.3, 0.4) is 0 Å². The van der Waals surface area contributed by atoms with Crippen molar-refractivity contribution < 1.29 is 9.53 Å². The molecule has 0 spiro atoms. The minimum atomic E-state index is -1.21. The first-order chi connectivity index (χ1) is 17.6. The molecule has 1 saturated carbocycles. The summed E-state index contributed by atoms with van der Waals surface area (Å²) in [5.74, 6) is -0.172. The molecule has 3 heterocycles. The number of hydrogen-bond donors (Lipinski definition) is 2. The summed E-state index contributed by atoms with van der Waals surface area (Å²) in [6.45, 7) is 7.94. The highest BCUT2D eigenvalue weighted by molar-refractivity contribution is 6.76. The number of carbonyl (C=O) groups is 1. The van der Waals surface area contributed by atoms with Crippen molar-refractivity contribution in [3.63, 3.8) is 0 Å². The first kappa shape index (κ1) is 28.5. The van der Waals surface area contributed by atoms with E-state index in [4.69, 9.17) is 32.0 Å². The lowest BCUT2D eigenvalue weighted by Gasteiger charge is -2.15. The number of rotatable bonds is 8. The van der Waals surface area contributed by atoms with Gasteiger partial charge in [0.05, 0.1) is 17.3 Å². The third-order valence-electron chi connectivity index (χ3n) is 6.90. The molecule has 2 unspecified atom stereocenters. The molecule has 9 nitrogen and oxygen atoms in total. The first-order valence-electron chi connectivity index (χ1n) is 12.7. The van der Waals surface area contributed by atoms with Crippen LogP contribution in [0.4, 0.5) is 0 Å². The molecule has 1 aliphatic rings. The van der Waals surface area contributed by atoms with Gasteiger partial charge in [-0.15, -0.1) is 12.4 Å². The molecule has 12 heteroatoms. The Morgan fingerprint density at radius 1 is 1.29 bits per heavy atom. The number of aromatic nitrogens is 5. The second-order valence-electron chi connectivity index (χ2n) is 11.2. The summed E-state index contributed by atoms with van der Waals surface area (Å²) in [4.78, 5) is 23.0. The molecule has 5 rings (SSSR count). The summed E-state index contributed by atoms with van der Waals surface area (Å²) < 4.78 is 9.62. The van der Waals surface area contributed by atoms with Gasteiger partial charge in [-0.05, 0) is 43.5 Å². The van der Waals surface area contributed by atoms with Crippen LogP contribution < -0.4 is 11.1 Å². The number of nitrogens with one attached hydrogen (secondary N) is 1. The zero-order chi connectivity index (χ0) is 26.3. The quantitative estimate of drug-likeness (QED) is 0.226. The van der Waals surface area contributed by atoms with Crippen molar-refractivity contribution in [2.75, 3.05) is 6.61 Å². The third kappa shape index (κ3) is 6.05. The van der Waals surface area contributed by atoms with Crippen molar-refractivity contribution >= 4 is 60.1 Å². The Kier molecular flexibility index (Phi) is 8.48. The van der Waals surface area contributed by atoms with Crippen LogP contribution in [0.1, 0.15) is 29.6 Å². The van der Waals surface area contributed by atoms with E-state index in [0.29, 0.717) is 46.5 Å². The van der Waals surface area contributed by atoms with Gasteiger partial charge in [0.15, 0.2) is 5.65 Å². The predicted molar refractivity (Wildman–Crippen MR) is 157 cm³/mol. The van der Waals surface area contributed by atoms with Crippen LogP contribution in [0.5, 0.6) is 0 Å². The van der Waals surface area contributed by atoms with Gasteiger partial charge in [-0.1, -0.05) is 31.2 Å². The van der Waals surface area contributed by atoms with E-state index in [-0.39, 0.29) is 30.4 Å². The summed E-state index contributed by atoms with van der Waals surface area (Å²) in [6, 6.07) is 6.89. The molecule has 1 aliphatic carbocycles. The van der Waals surface area contributed by atoms with E-state index in [1.54, 1.807) is 17.1 Å². The molecular formula is C26H35Cl2N7O2Si. The van der Waals surface area contributed by atoms with Gasteiger partial charge in [-0.3, -0.25) is 9.48 Å². The molecule has 0 aliphatic heterocycles. The number of carbonyl (C=O) groups excluding carboxylic acids is 1. The van der Waals surface area contributed by atoms with Crippen LogP contribution >= 0.6 is 24.0 Å². The largest absolute Gasteiger partial charge is 0.361 e. The van der Waals surface area contributed by atoms with Crippen molar-refractivity contribution in [1.29, 1.82) is 0 Å². The first-order valence-corrected chi connectivity index (χ1v) is 16.8. The zero-order valence-electron chi connectivity index (χ0n) is 22.2. The minimum Gasteiger partial charge on any atom is -0.361 e. The topological polar surface area (TPSA) is 113 Å². The Bertz CT molecular complexity index is 1460. The molecule has 1 fully saturated rings. The van der Waals surface area contributed by atoms with E-state index < -0.39 is 8.07 Å². The van der Waals surface area contributed by atoms with Crippen molar-refractivity contribution in [2.45, 2.75) is 63.8 Å². The highest BCUT2D eigenvalue weighted by atomic mass is 35.5. The monoisotopic (exact) mass is 575 g/mol. The number of halogens is 2. The van der Waals surface area contributed by atoms with E-state index in [9.17, 15) is 4.79 Å². The lowest BCUT2D eigenvalue weighted by molar-refractivity contribution is 0.0890. The summed E-state index contributed by atoms with van der Waals surface area (Å²) in [5.41, 5.74) is 9.85. The van der Waals surface area contributed by atoms with Crippen LogP contribution in [0.2, 0.25) is 30.7 Å². The van der Waals surface area contributed by atoms with Gasteiger partial charge in [-0.25, -0.2) is 9.97 Å². The molecule has 4 aromatic rings. The number of aryl methyl sites for hydroxylation is 1. The smallest absolute Gasteiger partial charge is 0.255 e. The maximum Gasteiger partial charge on any atom is 0.255 e. The fourth-order valence-electron chi connectivity index (χ4n) is 4.80. The molecule has 0 radical (unpaired) electrons. The van der Waals surface area contributed by atoms with Crippen LogP contribution in [0.15, 0.2) is 30.6 Å². The molecule has 204 valence electrons. The SMILES string of the molecule is Cl.Cn1nc(-c2cnc3c(n2)c(C(=O)NC2CCC(N)C2)cn3COCC[Si](C)(C)C)c2ccc(Cl)cc21. The van der Waals surface area contributed by atoms with Crippen molar-refractivity contribution in [1.82, 2.24) is 29.6 Å². The molecule has 0 bridgehead atoms. The number of nitrogens with two attached hydrogens (primary N) is 1. The Hall–Kier alpha value is -2.50. The van der Waals surface area contributed by atoms with Gasteiger partial charge in [0.2, 0.25) is 0 Å². The van der Waals surface area contributed by atoms with Crippen LogP contribution in [-0.2, 0) is 18.5 Å². The maximum absolute atomic E-state index is 13.4. The molecular weight excluding hydrogens is 541 g/mol. The second-order valence-corrected chi connectivity index (χ2v) is 17.2. The summed E-state index contributed by atoms with van der Waals surface area (Å²) in [5, 5.41) is 9.38. The summed E-state index contributed by atoms with van der Waals surface area (Å²) >= 11 is 6.20. The molecule has 38 heavy (non-hydrogen) atoms. The van der Waals surface area contributed by atoms with E-state index in [0.717, 1.165) is 36.2 Å². The molecule has 3 N–H and O–H groups in total. The predicted octanol–water partition coefficient (Wildman–Crippen LogP) is 4.98. The number of amides is 1. The van der Waals surface area contributed by atoms with Crippen molar-refractivity contribution in [2.24, 2.45) is 12.8 Å². The number of ether oxygens (including phenoxy) is 1. The molecule has 2 atom stereocenters. The number of benzene rings is 1. The van der Waals surface area contributed by atoms with Crippen molar-refractivity contribution in [3.8, 4) is 11.4 Å². The van der Waals surface area contributed by atoms with E-state index in [2.05, 4.69) is 30.1 Å². The fourth-order valence-corrected chi connectivity index (χ4v) is 5.73. The van der Waals surface area contributed by atoms with Crippen LogP contribution in [0.25, 0.3) is 33.5 Å². The van der Waals surface area contributed by atoms with E-state index in [1.807, 2.05) is 29.8 Å². The molecule has 0 saturated heterocycles. The lowest BCUT2D eigenvalue weighted by Crippen LogP contribution is -2.34. The highest BCUT2D eigenvalue weighted by Crippen LogP contribution is 2.30. The molecule has 1 aromatic carbocycles. The van der Waals surface area contributed by atoms with Gasteiger partial charge in [-0.2, -0.15) is 5.10 Å². The Morgan fingerprint density at radius 3 is 2.79 bits per heavy atom. The second kappa shape index (κ2) is 11.3. The normalized spacial score (nSPS) is 17.7. The van der Waals surface area contributed by atoms with E-state index >= 15 is 0 Å². The van der Waals surface area contributed by atoms with Crippen LogP contribution in [0, 0.1) is 0 Å². The summed E-state index contributed by atoms with van der Waals surface area (Å²) in [6.07, 6.45) is 6.07. The lowest BCUT2D eigenvalue weighted by atomic mass is 10.1. The summed E-state index contributed by atoms with van der Waals surface area (Å²) in [7, 11) is 0.657. The van der Waals surface area contributed by atoms with Gasteiger partial charge in [0.25, 0.3) is 5.91 Å². The van der Waals surface area contributed by atoms with Gasteiger partial charge in [0, 0.05) is 50.4 Å². The fraction of sp³-hybridized carbons (Fsp3) is 0.462. The average Bonchev–Trinajstić information content (AvgIpc) is 3.51. The molecule has 1 amide bonds. The minimum absolute atomic E-state index is 0. The Balaban J connectivity index is 0.00000336. The van der Waals surface area contributed by atoms with Gasteiger partial charge < -0.3 is 20.4 Å². The zero-order valence-corrected chi connectivity index (χ0v) is 24.8. The van der Waals surface area contributed by atoms with E-state index in [1.165, 1.54) is 0 Å². The maximum atomic E-state index is 13.4. The highest BCUT2D eigenvalue weighted by Gasteiger charge is 2.26. The Labute approximate surface area is 234 Å². The average molecular weight is 577 g/mol. The van der Waals surface area contributed by atoms with Crippen molar-refractivity contribution in [3.05, 3.63) is 41.2 Å². The van der Waals surface area contributed by atoms with Gasteiger partial charge in [0.1, 0.15) is 23.6 Å². The van der Waals surface area contributed by atoms with Crippen LogP contribution in [-0.4, -0.2) is 57.0 Å². The Morgan fingerprint density at radius 2 is 2.08 bits per heavy atom. The number of hydrogen-bond acceptors (Lipinski definition) is 6. The number of fused-ring (bicyclic) bond motifs is 2. The number of nitrogens with zero attached hydrogens (tertiary/aromatic N) is 5. The third-order valence-corrected chi connectivity index (χ3v) is 8.84.